The molecule has 0 radical (unpaired) electrons. The van der Waals surface area contributed by atoms with Gasteiger partial charge in [0.05, 0.1) is 32.8 Å². The van der Waals surface area contributed by atoms with E-state index in [2.05, 4.69) is 0 Å². The molecule has 3 aromatic carbocycles. The van der Waals surface area contributed by atoms with Crippen molar-refractivity contribution in [2.24, 2.45) is 5.92 Å². The van der Waals surface area contributed by atoms with Gasteiger partial charge >= 0.3 is 0 Å². The zero-order valence-electron chi connectivity index (χ0n) is 21.5. The van der Waals surface area contributed by atoms with Crippen molar-refractivity contribution in [1.29, 1.82) is 0 Å². The van der Waals surface area contributed by atoms with E-state index in [1.165, 1.54) is 19.1 Å². The van der Waals surface area contributed by atoms with Gasteiger partial charge in [0.25, 0.3) is 0 Å². The Morgan fingerprint density at radius 2 is 1.57 bits per heavy atom. The number of hydrogen-bond acceptors (Lipinski definition) is 7. The zero-order valence-corrected chi connectivity index (χ0v) is 21.5. The maximum Gasteiger partial charge on any atom is 0.228 e. The van der Waals surface area contributed by atoms with Crippen LogP contribution in [0.25, 0.3) is 0 Å². The third-order valence-electron chi connectivity index (χ3n) is 7.68. The Labute approximate surface area is 216 Å². The van der Waals surface area contributed by atoms with Crippen LogP contribution in [0, 0.1) is 5.92 Å². The van der Waals surface area contributed by atoms with Crippen molar-refractivity contribution in [1.82, 2.24) is 4.90 Å². The van der Waals surface area contributed by atoms with E-state index in [-0.39, 0.29) is 17.2 Å². The van der Waals surface area contributed by atoms with E-state index in [4.69, 9.17) is 18.9 Å². The van der Waals surface area contributed by atoms with Crippen LogP contribution in [0.1, 0.15) is 22.6 Å². The first-order chi connectivity index (χ1) is 17.7. The van der Waals surface area contributed by atoms with E-state index in [0.29, 0.717) is 22.8 Å². The summed E-state index contributed by atoms with van der Waals surface area (Å²) in [6.45, 7) is 0. The number of nitrogens with zero attached hydrogens (tertiary/aromatic N) is 1. The summed E-state index contributed by atoms with van der Waals surface area (Å²) < 4.78 is 23.3. The topological polar surface area (TPSA) is 97.7 Å². The Morgan fingerprint density at radius 3 is 2.14 bits per heavy atom. The van der Waals surface area contributed by atoms with Gasteiger partial charge < -0.3 is 34.1 Å². The normalized spacial score (nSPS) is 27.6. The van der Waals surface area contributed by atoms with Crippen molar-refractivity contribution in [2.45, 2.75) is 23.2 Å². The van der Waals surface area contributed by atoms with Crippen molar-refractivity contribution in [3.05, 3.63) is 83.4 Å². The third-order valence-corrected chi connectivity index (χ3v) is 7.68. The summed E-state index contributed by atoms with van der Waals surface area (Å²) in [5.41, 5.74) is -2.04. The fourth-order valence-electron chi connectivity index (χ4n) is 6.08. The van der Waals surface area contributed by atoms with E-state index >= 15 is 0 Å². The molecule has 0 bridgehead atoms. The summed E-state index contributed by atoms with van der Waals surface area (Å²) in [7, 11) is 7.84. The fraction of sp³-hybridized carbons (Fsp3) is 0.345. The smallest absolute Gasteiger partial charge is 0.228 e. The number of ether oxygens (including phenoxy) is 4. The first kappa shape index (κ1) is 24.9. The predicted octanol–water partition coefficient (Wildman–Crippen LogP) is 3.05. The van der Waals surface area contributed by atoms with E-state index in [0.717, 1.165) is 5.56 Å². The monoisotopic (exact) mass is 505 g/mol. The molecular formula is C29H31NO7. The first-order valence-electron chi connectivity index (χ1n) is 12.0. The molecule has 0 aromatic heterocycles. The standard InChI is InChI=1S/C29H31NO7/c1-30(2)27(32)23-24(17-9-7-6-8-10-17)29(18-11-13-19(34-3)14-12-18)28(33,26(23)31)25-21(36-5)15-20(35-4)16-22(25)37-29/h6-16,23-24,26,31,33H,1-5H3/t23-,24-,26-,28+,29+/m0/s1. The molecule has 0 spiro atoms. The van der Waals surface area contributed by atoms with Crippen LogP contribution in [0.4, 0.5) is 0 Å². The van der Waals surface area contributed by atoms with Gasteiger partial charge in [0.1, 0.15) is 29.1 Å². The largest absolute Gasteiger partial charge is 0.497 e. The number of fused-ring (bicyclic) bond motifs is 3. The number of amides is 1. The van der Waals surface area contributed by atoms with Crippen molar-refractivity contribution in [3.63, 3.8) is 0 Å². The SMILES string of the molecule is COc1ccc([C@]23Oc4cc(OC)cc(OC)c4[C@@]2(O)[C@@H](O)[C@@H](C(=O)N(C)C)[C@@H]3c2ccccc2)cc1. The van der Waals surface area contributed by atoms with Crippen molar-refractivity contribution in [3.8, 4) is 23.0 Å². The van der Waals surface area contributed by atoms with Crippen LogP contribution in [0.3, 0.4) is 0 Å². The Morgan fingerprint density at radius 1 is 0.919 bits per heavy atom. The molecular weight excluding hydrogens is 474 g/mol. The molecule has 194 valence electrons. The summed E-state index contributed by atoms with van der Waals surface area (Å²) in [5.74, 6) is -0.426. The van der Waals surface area contributed by atoms with Crippen LogP contribution in [0.15, 0.2) is 66.7 Å². The van der Waals surface area contributed by atoms with Gasteiger partial charge in [0.15, 0.2) is 11.2 Å². The van der Waals surface area contributed by atoms with Crippen LogP contribution in [-0.2, 0) is 16.0 Å². The predicted molar refractivity (Wildman–Crippen MR) is 136 cm³/mol. The van der Waals surface area contributed by atoms with Gasteiger partial charge in [0.2, 0.25) is 5.91 Å². The second-order valence-electron chi connectivity index (χ2n) is 9.63. The van der Waals surface area contributed by atoms with Gasteiger partial charge in [-0.3, -0.25) is 4.79 Å². The second kappa shape index (κ2) is 8.97. The molecule has 2 aliphatic rings. The molecule has 1 amide bonds. The lowest BCUT2D eigenvalue weighted by Gasteiger charge is -2.41. The van der Waals surface area contributed by atoms with Gasteiger partial charge in [0, 0.05) is 32.1 Å². The molecule has 1 aliphatic carbocycles. The average Bonchev–Trinajstić information content (AvgIpc) is 3.30. The van der Waals surface area contributed by atoms with Crippen LogP contribution in [0.5, 0.6) is 23.0 Å². The third kappa shape index (κ3) is 3.32. The number of rotatable bonds is 6. The minimum atomic E-state index is -2.05. The molecule has 0 unspecified atom stereocenters. The molecule has 3 aromatic rings. The fourth-order valence-corrected chi connectivity index (χ4v) is 6.08. The van der Waals surface area contributed by atoms with E-state index in [9.17, 15) is 15.0 Å². The maximum absolute atomic E-state index is 13.7. The summed E-state index contributed by atoms with van der Waals surface area (Å²) in [6, 6.07) is 19.8. The minimum Gasteiger partial charge on any atom is -0.497 e. The molecule has 5 atom stereocenters. The number of aliphatic hydroxyl groups is 2. The maximum atomic E-state index is 13.7. The highest BCUT2D eigenvalue weighted by Gasteiger charge is 2.78. The highest BCUT2D eigenvalue weighted by atomic mass is 16.5. The minimum absolute atomic E-state index is 0.272. The van der Waals surface area contributed by atoms with Gasteiger partial charge in [-0.1, -0.05) is 42.5 Å². The Bertz CT molecular complexity index is 1310. The van der Waals surface area contributed by atoms with Gasteiger partial charge in [-0.2, -0.15) is 0 Å². The second-order valence-corrected chi connectivity index (χ2v) is 9.63. The van der Waals surface area contributed by atoms with Crippen LogP contribution in [0.2, 0.25) is 0 Å². The Kier molecular flexibility index (Phi) is 6.04. The molecule has 0 saturated heterocycles. The summed E-state index contributed by atoms with van der Waals surface area (Å²) >= 11 is 0. The van der Waals surface area contributed by atoms with Crippen LogP contribution >= 0.6 is 0 Å². The lowest BCUT2D eigenvalue weighted by atomic mass is 9.70. The van der Waals surface area contributed by atoms with E-state index in [1.54, 1.807) is 57.6 Å². The van der Waals surface area contributed by atoms with Crippen molar-refractivity contribution in [2.75, 3.05) is 35.4 Å². The zero-order chi connectivity index (χ0) is 26.5. The lowest BCUT2D eigenvalue weighted by molar-refractivity contribution is -0.156. The van der Waals surface area contributed by atoms with Gasteiger partial charge in [-0.05, 0) is 23.3 Å². The van der Waals surface area contributed by atoms with Gasteiger partial charge in [-0.25, -0.2) is 0 Å². The van der Waals surface area contributed by atoms with Crippen LogP contribution < -0.4 is 18.9 Å². The molecule has 8 heteroatoms. The van der Waals surface area contributed by atoms with Gasteiger partial charge in [-0.15, -0.1) is 0 Å². The molecule has 2 N–H and O–H groups in total. The van der Waals surface area contributed by atoms with Crippen LogP contribution in [-0.4, -0.2) is 62.5 Å². The number of hydrogen-bond donors (Lipinski definition) is 2. The quantitative estimate of drug-likeness (QED) is 0.532. The lowest BCUT2D eigenvalue weighted by Crippen LogP contribution is -2.52. The highest BCUT2D eigenvalue weighted by Crippen LogP contribution is 2.70. The number of carbonyl (C=O) groups excluding carboxylic acids is 1. The first-order valence-corrected chi connectivity index (χ1v) is 12.0. The Hall–Kier alpha value is -3.75. The number of methoxy groups -OCH3 is 3. The number of aliphatic hydroxyl groups excluding tert-OH is 1. The summed E-state index contributed by atoms with van der Waals surface area (Å²) in [5, 5.41) is 24.8. The van der Waals surface area contributed by atoms with Crippen molar-refractivity contribution >= 4 is 5.91 Å². The molecule has 37 heavy (non-hydrogen) atoms. The van der Waals surface area contributed by atoms with E-state index < -0.39 is 29.1 Å². The van der Waals surface area contributed by atoms with E-state index in [1.807, 2.05) is 30.3 Å². The highest BCUT2D eigenvalue weighted by molar-refractivity contribution is 5.83. The molecule has 5 rings (SSSR count). The Balaban J connectivity index is 1.88. The summed E-state index contributed by atoms with van der Waals surface area (Å²) in [4.78, 5) is 15.1. The molecule has 1 aliphatic heterocycles. The number of carbonyl (C=O) groups is 1. The molecule has 1 fully saturated rings. The molecule has 1 heterocycles. The summed E-state index contributed by atoms with van der Waals surface area (Å²) in [6.07, 6.45) is -1.53. The molecule has 1 saturated carbocycles. The number of benzene rings is 3. The van der Waals surface area contributed by atoms with Crippen molar-refractivity contribution < 1.29 is 34.0 Å². The average molecular weight is 506 g/mol. The molecule has 8 nitrogen and oxygen atoms in total.